The van der Waals surface area contributed by atoms with Crippen LogP contribution in [0.4, 0.5) is 4.39 Å². The third-order valence-corrected chi connectivity index (χ3v) is 5.34. The van der Waals surface area contributed by atoms with Gasteiger partial charge in [0.05, 0.1) is 20.3 Å². The van der Waals surface area contributed by atoms with E-state index in [4.69, 9.17) is 25.8 Å². The van der Waals surface area contributed by atoms with Crippen LogP contribution in [0, 0.1) is 5.82 Å². The first-order valence-corrected chi connectivity index (χ1v) is 10.1. The van der Waals surface area contributed by atoms with E-state index < -0.39 is 0 Å². The molecule has 0 saturated carbocycles. The molecule has 0 N–H and O–H groups in total. The van der Waals surface area contributed by atoms with Crippen LogP contribution < -0.4 is 14.2 Å². The molecule has 5 nitrogen and oxygen atoms in total. The Hall–Kier alpha value is -2.47. The molecule has 0 saturated heterocycles. The van der Waals surface area contributed by atoms with E-state index in [2.05, 4.69) is 0 Å². The summed E-state index contributed by atoms with van der Waals surface area (Å²) in [6.45, 7) is 0.835. The van der Waals surface area contributed by atoms with Crippen molar-refractivity contribution in [2.75, 3.05) is 33.3 Å². The molecule has 2 aromatic rings. The molecule has 0 radical (unpaired) electrons. The molecular formula is C22H25ClFNO4. The molecular weight excluding hydrogens is 397 g/mol. The molecule has 1 aliphatic rings. The lowest BCUT2D eigenvalue weighted by Crippen LogP contribution is -2.42. The summed E-state index contributed by atoms with van der Waals surface area (Å²) < 4.78 is 30.0. The van der Waals surface area contributed by atoms with Gasteiger partial charge >= 0.3 is 0 Å². The number of nitrogens with zero attached hydrogens (tertiary/aromatic N) is 1. The second kappa shape index (κ2) is 9.83. The van der Waals surface area contributed by atoms with Gasteiger partial charge in [-0.1, -0.05) is 0 Å². The average Bonchev–Trinajstić information content (AvgIpc) is 2.75. The van der Waals surface area contributed by atoms with Crippen molar-refractivity contribution in [1.29, 1.82) is 0 Å². The van der Waals surface area contributed by atoms with E-state index in [1.165, 1.54) is 12.1 Å². The number of benzene rings is 2. The predicted octanol–water partition coefficient (Wildman–Crippen LogP) is 4.37. The van der Waals surface area contributed by atoms with Gasteiger partial charge in [0.2, 0.25) is 5.91 Å². The molecule has 1 atom stereocenters. The zero-order valence-corrected chi connectivity index (χ0v) is 17.4. The first kappa shape index (κ1) is 21.2. The summed E-state index contributed by atoms with van der Waals surface area (Å²) in [4.78, 5) is 14.7. The molecule has 0 aromatic heterocycles. The third-order valence-electron chi connectivity index (χ3n) is 5.07. The number of alkyl halides is 1. The van der Waals surface area contributed by atoms with Crippen molar-refractivity contribution >= 4 is 17.5 Å². The van der Waals surface area contributed by atoms with E-state index in [0.717, 1.165) is 17.5 Å². The number of hydrogen-bond donors (Lipinski definition) is 0. The van der Waals surface area contributed by atoms with E-state index >= 15 is 0 Å². The quantitative estimate of drug-likeness (QED) is 0.594. The Morgan fingerprint density at radius 3 is 2.52 bits per heavy atom. The van der Waals surface area contributed by atoms with Crippen molar-refractivity contribution in [3.05, 3.63) is 53.3 Å². The van der Waals surface area contributed by atoms with E-state index in [1.807, 2.05) is 17.0 Å². The van der Waals surface area contributed by atoms with Gasteiger partial charge in [0.25, 0.3) is 0 Å². The molecule has 0 spiro atoms. The maximum atomic E-state index is 13.2. The van der Waals surface area contributed by atoms with Crippen molar-refractivity contribution in [2.24, 2.45) is 0 Å². The first-order chi connectivity index (χ1) is 14.1. The van der Waals surface area contributed by atoms with Crippen molar-refractivity contribution in [3.63, 3.8) is 0 Å². The van der Waals surface area contributed by atoms with E-state index in [1.54, 1.807) is 26.4 Å². The Balaban J connectivity index is 1.90. The largest absolute Gasteiger partial charge is 0.493 e. The van der Waals surface area contributed by atoms with E-state index in [0.29, 0.717) is 42.5 Å². The zero-order chi connectivity index (χ0) is 20.8. The van der Waals surface area contributed by atoms with Crippen LogP contribution in [0.3, 0.4) is 0 Å². The molecule has 29 heavy (non-hydrogen) atoms. The Morgan fingerprint density at radius 2 is 1.86 bits per heavy atom. The second-order valence-corrected chi connectivity index (χ2v) is 7.19. The highest BCUT2D eigenvalue weighted by Gasteiger charge is 2.32. The van der Waals surface area contributed by atoms with Gasteiger partial charge in [-0.05, 0) is 60.4 Å². The highest BCUT2D eigenvalue weighted by Crippen LogP contribution is 2.38. The van der Waals surface area contributed by atoms with Gasteiger partial charge < -0.3 is 19.1 Å². The first-order valence-electron chi connectivity index (χ1n) is 9.56. The Labute approximate surface area is 175 Å². The minimum absolute atomic E-state index is 0.0405. The van der Waals surface area contributed by atoms with Crippen molar-refractivity contribution in [2.45, 2.75) is 25.3 Å². The van der Waals surface area contributed by atoms with Crippen LogP contribution in [0.2, 0.25) is 0 Å². The third kappa shape index (κ3) is 4.93. The van der Waals surface area contributed by atoms with Gasteiger partial charge in [0.1, 0.15) is 18.2 Å². The summed E-state index contributed by atoms with van der Waals surface area (Å²) >= 11 is 5.77. The van der Waals surface area contributed by atoms with Crippen LogP contribution in [0.5, 0.6) is 17.2 Å². The summed E-state index contributed by atoms with van der Waals surface area (Å²) in [6.07, 6.45) is 1.73. The van der Waals surface area contributed by atoms with Crippen LogP contribution >= 0.6 is 11.6 Å². The number of hydrogen-bond acceptors (Lipinski definition) is 4. The van der Waals surface area contributed by atoms with Gasteiger partial charge in [0, 0.05) is 18.8 Å². The second-order valence-electron chi connectivity index (χ2n) is 6.82. The topological polar surface area (TPSA) is 48.0 Å². The lowest BCUT2D eigenvalue weighted by Gasteiger charge is -2.37. The molecule has 156 valence electrons. The van der Waals surface area contributed by atoms with Gasteiger partial charge in [-0.3, -0.25) is 4.79 Å². The number of carbonyl (C=O) groups is 1. The fraction of sp³-hybridized carbons (Fsp3) is 0.409. The zero-order valence-electron chi connectivity index (χ0n) is 16.6. The van der Waals surface area contributed by atoms with Crippen molar-refractivity contribution < 1.29 is 23.4 Å². The molecule has 1 heterocycles. The van der Waals surface area contributed by atoms with Crippen LogP contribution in [0.25, 0.3) is 0 Å². The molecule has 3 rings (SSSR count). The summed E-state index contributed by atoms with van der Waals surface area (Å²) in [7, 11) is 3.19. The van der Waals surface area contributed by atoms with Crippen molar-refractivity contribution in [1.82, 2.24) is 4.90 Å². The minimum Gasteiger partial charge on any atom is -0.493 e. The highest BCUT2D eigenvalue weighted by molar-refractivity contribution is 6.17. The standard InChI is InChI=1S/C22H25ClFNO4/c1-27-20-12-15-9-11-25(22(26)4-3-10-23)19(18(15)13-21(20)28-2)14-29-17-7-5-16(24)6-8-17/h5-8,12-13,19H,3-4,9-11,14H2,1-2H3. The number of methoxy groups -OCH3 is 2. The highest BCUT2D eigenvalue weighted by atomic mass is 35.5. The van der Waals surface area contributed by atoms with Crippen LogP contribution in [0.15, 0.2) is 36.4 Å². The number of ether oxygens (including phenoxy) is 3. The predicted molar refractivity (Wildman–Crippen MR) is 110 cm³/mol. The Morgan fingerprint density at radius 1 is 1.17 bits per heavy atom. The molecule has 7 heteroatoms. The molecule has 0 bridgehead atoms. The lowest BCUT2D eigenvalue weighted by molar-refractivity contribution is -0.134. The minimum atomic E-state index is -0.324. The van der Waals surface area contributed by atoms with Gasteiger partial charge in [-0.15, -0.1) is 11.6 Å². The van der Waals surface area contributed by atoms with E-state index in [9.17, 15) is 9.18 Å². The summed E-state index contributed by atoms with van der Waals surface area (Å²) in [5.74, 6) is 1.97. The van der Waals surface area contributed by atoms with E-state index in [-0.39, 0.29) is 24.4 Å². The fourth-order valence-corrected chi connectivity index (χ4v) is 3.71. The van der Waals surface area contributed by atoms with Crippen LogP contribution in [-0.2, 0) is 11.2 Å². The molecule has 0 fully saturated rings. The molecule has 1 amide bonds. The number of halogens is 2. The number of amides is 1. The molecule has 1 aliphatic heterocycles. The summed E-state index contributed by atoms with van der Waals surface area (Å²) in [6, 6.07) is 9.43. The lowest BCUT2D eigenvalue weighted by atomic mass is 9.91. The van der Waals surface area contributed by atoms with Crippen LogP contribution in [-0.4, -0.2) is 44.1 Å². The number of carbonyl (C=O) groups excluding carboxylic acids is 1. The van der Waals surface area contributed by atoms with Crippen LogP contribution in [0.1, 0.15) is 30.0 Å². The maximum absolute atomic E-state index is 13.2. The normalized spacial score (nSPS) is 15.6. The molecule has 2 aromatic carbocycles. The van der Waals surface area contributed by atoms with Gasteiger partial charge in [0.15, 0.2) is 11.5 Å². The average molecular weight is 422 g/mol. The summed E-state index contributed by atoms with van der Waals surface area (Å²) in [5, 5.41) is 0. The molecule has 0 aliphatic carbocycles. The van der Waals surface area contributed by atoms with Gasteiger partial charge in [-0.2, -0.15) is 0 Å². The SMILES string of the molecule is COc1cc2c(cc1OC)C(COc1ccc(F)cc1)N(C(=O)CCCCl)CC2. The van der Waals surface area contributed by atoms with Crippen molar-refractivity contribution in [3.8, 4) is 17.2 Å². The smallest absolute Gasteiger partial charge is 0.223 e. The fourth-order valence-electron chi connectivity index (χ4n) is 3.57. The molecule has 1 unspecified atom stereocenters. The maximum Gasteiger partial charge on any atom is 0.223 e. The summed E-state index contributed by atoms with van der Waals surface area (Å²) in [5.41, 5.74) is 2.06. The Bertz CT molecular complexity index is 843. The Kier molecular flexibility index (Phi) is 7.20. The monoisotopic (exact) mass is 421 g/mol. The van der Waals surface area contributed by atoms with Gasteiger partial charge in [-0.25, -0.2) is 4.39 Å². The number of fused-ring (bicyclic) bond motifs is 1. The number of rotatable bonds is 8.